The quantitative estimate of drug-likeness (QED) is 0.746. The van der Waals surface area contributed by atoms with E-state index < -0.39 is 27.4 Å². The maximum absolute atomic E-state index is 12.2. The van der Waals surface area contributed by atoms with Crippen molar-refractivity contribution in [3.05, 3.63) is 24.4 Å². The average Bonchev–Trinajstić information content (AvgIpc) is 3.03. The molecule has 0 aliphatic carbocycles. The zero-order valence-corrected chi connectivity index (χ0v) is 16.7. The number of halogens is 3. The number of carboxylic acids is 1. The minimum atomic E-state index is -5.08. The molecule has 0 radical (unpaired) electrons. The van der Waals surface area contributed by atoms with Crippen LogP contribution < -0.4 is 4.74 Å². The molecule has 3 rings (SSSR count). The van der Waals surface area contributed by atoms with E-state index in [0.717, 1.165) is 6.42 Å². The number of pyridine rings is 1. The van der Waals surface area contributed by atoms with Crippen LogP contribution in [0.15, 0.2) is 24.4 Å². The molecule has 3 heterocycles. The number of carbonyl (C=O) groups is 1. The Morgan fingerprint density at radius 3 is 2.52 bits per heavy atom. The molecule has 1 spiro atoms. The summed E-state index contributed by atoms with van der Waals surface area (Å²) in [7, 11) is -3.19. The Morgan fingerprint density at radius 2 is 2.03 bits per heavy atom. The molecule has 2 saturated heterocycles. The number of aliphatic carboxylic acids is 1. The molecular formula is C17H23F3N2O6S. The molecule has 0 aromatic carbocycles. The normalized spacial score (nSPS) is 21.4. The van der Waals surface area contributed by atoms with Crippen molar-refractivity contribution >= 4 is 16.0 Å². The molecule has 2 aliphatic rings. The van der Waals surface area contributed by atoms with E-state index in [0.29, 0.717) is 32.2 Å². The molecule has 0 saturated carbocycles. The molecule has 1 aromatic heterocycles. The van der Waals surface area contributed by atoms with Crippen molar-refractivity contribution in [2.45, 2.75) is 37.3 Å². The van der Waals surface area contributed by atoms with Gasteiger partial charge < -0.3 is 14.6 Å². The molecule has 164 valence electrons. The fourth-order valence-corrected chi connectivity index (χ4v) is 4.41. The molecule has 29 heavy (non-hydrogen) atoms. The van der Waals surface area contributed by atoms with Gasteiger partial charge in [-0.2, -0.15) is 17.5 Å². The van der Waals surface area contributed by atoms with Crippen LogP contribution in [-0.4, -0.2) is 72.1 Å². The van der Waals surface area contributed by atoms with Gasteiger partial charge in [-0.3, -0.25) is 0 Å². The second kappa shape index (κ2) is 8.84. The number of ether oxygens (including phenoxy) is 2. The number of sulfonamides is 1. The van der Waals surface area contributed by atoms with Gasteiger partial charge in [0.05, 0.1) is 11.9 Å². The van der Waals surface area contributed by atoms with Crippen LogP contribution in [0.25, 0.3) is 0 Å². The Morgan fingerprint density at radius 1 is 1.41 bits per heavy atom. The Kier molecular flexibility index (Phi) is 7.12. The Balaban J connectivity index is 0.000000370. The maximum atomic E-state index is 12.2. The fraction of sp³-hybridized carbons (Fsp3) is 0.647. The van der Waals surface area contributed by atoms with Gasteiger partial charge in [0.2, 0.25) is 15.9 Å². The fourth-order valence-electron chi connectivity index (χ4n) is 3.02. The molecule has 2 aliphatic heterocycles. The molecule has 0 amide bonds. The summed E-state index contributed by atoms with van der Waals surface area (Å²) in [4.78, 5) is 13.0. The van der Waals surface area contributed by atoms with Gasteiger partial charge in [0, 0.05) is 37.9 Å². The minimum Gasteiger partial charge on any atom is -0.477 e. The van der Waals surface area contributed by atoms with Gasteiger partial charge in [0.15, 0.2) is 0 Å². The summed E-state index contributed by atoms with van der Waals surface area (Å²) in [5.41, 5.74) is -0.378. The first-order valence-electron chi connectivity index (χ1n) is 8.85. The van der Waals surface area contributed by atoms with E-state index in [1.165, 1.54) is 4.31 Å². The SMILES string of the molecule is CC(C)S(=O)(=O)N1CC2(C1)OCCC2COc1ccccn1.O=C(O)C(F)(F)F. The molecule has 1 atom stereocenters. The third-order valence-corrected chi connectivity index (χ3v) is 6.93. The number of alkyl halides is 3. The van der Waals surface area contributed by atoms with Crippen molar-refractivity contribution in [1.29, 1.82) is 0 Å². The topological polar surface area (TPSA) is 106 Å². The van der Waals surface area contributed by atoms with Crippen molar-refractivity contribution in [1.82, 2.24) is 9.29 Å². The highest BCUT2D eigenvalue weighted by atomic mass is 32.2. The lowest BCUT2D eigenvalue weighted by atomic mass is 9.83. The van der Waals surface area contributed by atoms with E-state index in [1.807, 2.05) is 18.2 Å². The summed E-state index contributed by atoms with van der Waals surface area (Å²) in [5, 5.41) is 6.73. The van der Waals surface area contributed by atoms with Crippen molar-refractivity contribution in [2.24, 2.45) is 5.92 Å². The predicted octanol–water partition coefficient (Wildman–Crippen LogP) is 1.92. The highest BCUT2D eigenvalue weighted by molar-refractivity contribution is 7.89. The van der Waals surface area contributed by atoms with Crippen LogP contribution in [0.1, 0.15) is 20.3 Å². The number of carboxylic acid groups (broad SMARTS) is 1. The highest BCUT2D eigenvalue weighted by Crippen LogP contribution is 2.41. The molecular weight excluding hydrogens is 417 g/mol. The van der Waals surface area contributed by atoms with E-state index >= 15 is 0 Å². The Hall–Kier alpha value is -1.92. The summed E-state index contributed by atoms with van der Waals surface area (Å²) >= 11 is 0. The Labute approximate surface area is 166 Å². The lowest BCUT2D eigenvalue weighted by Gasteiger charge is -2.49. The zero-order valence-electron chi connectivity index (χ0n) is 15.9. The van der Waals surface area contributed by atoms with Gasteiger partial charge >= 0.3 is 12.1 Å². The summed E-state index contributed by atoms with van der Waals surface area (Å²) in [6.45, 7) is 5.45. The third kappa shape index (κ3) is 5.58. The van der Waals surface area contributed by atoms with E-state index in [1.54, 1.807) is 20.0 Å². The van der Waals surface area contributed by atoms with Crippen molar-refractivity contribution < 1.29 is 41.0 Å². The van der Waals surface area contributed by atoms with E-state index in [9.17, 15) is 21.6 Å². The van der Waals surface area contributed by atoms with Crippen molar-refractivity contribution in [2.75, 3.05) is 26.3 Å². The third-order valence-electron chi connectivity index (χ3n) is 4.76. The van der Waals surface area contributed by atoms with Gasteiger partial charge in [-0.25, -0.2) is 18.2 Å². The molecule has 2 fully saturated rings. The average molecular weight is 440 g/mol. The number of rotatable bonds is 5. The molecule has 1 N–H and O–H groups in total. The van der Waals surface area contributed by atoms with Gasteiger partial charge in [0.25, 0.3) is 0 Å². The monoisotopic (exact) mass is 440 g/mol. The van der Waals surface area contributed by atoms with Crippen LogP contribution in [0.4, 0.5) is 13.2 Å². The maximum Gasteiger partial charge on any atom is 0.490 e. The number of aromatic nitrogens is 1. The lowest BCUT2D eigenvalue weighted by Crippen LogP contribution is -2.67. The van der Waals surface area contributed by atoms with Crippen LogP contribution in [0.3, 0.4) is 0 Å². The van der Waals surface area contributed by atoms with Gasteiger partial charge in [-0.1, -0.05) is 6.07 Å². The largest absolute Gasteiger partial charge is 0.490 e. The van der Waals surface area contributed by atoms with E-state index in [-0.39, 0.29) is 11.5 Å². The van der Waals surface area contributed by atoms with Crippen LogP contribution in [0.2, 0.25) is 0 Å². The van der Waals surface area contributed by atoms with Gasteiger partial charge in [-0.15, -0.1) is 0 Å². The van der Waals surface area contributed by atoms with Crippen LogP contribution in [-0.2, 0) is 19.6 Å². The Bertz CT molecular complexity index is 795. The van der Waals surface area contributed by atoms with Gasteiger partial charge in [0.1, 0.15) is 5.60 Å². The first kappa shape index (κ1) is 23.4. The zero-order chi connectivity index (χ0) is 21.9. The standard InChI is InChI=1S/C15H22N2O4S.C2HF3O2/c1-12(2)22(18,19)17-10-15(11-17)13(6-8-21-15)9-20-14-5-3-4-7-16-14;3-2(4,5)1(6)7/h3-5,7,12-13H,6,8-11H2,1-2H3;(H,6,7). The number of hydrogen-bond donors (Lipinski definition) is 1. The first-order valence-corrected chi connectivity index (χ1v) is 10.4. The van der Waals surface area contributed by atoms with Crippen molar-refractivity contribution in [3.8, 4) is 5.88 Å². The second-order valence-electron chi connectivity index (χ2n) is 7.04. The molecule has 8 nitrogen and oxygen atoms in total. The van der Waals surface area contributed by atoms with Crippen molar-refractivity contribution in [3.63, 3.8) is 0 Å². The highest BCUT2D eigenvalue weighted by Gasteiger charge is 2.56. The number of nitrogens with zero attached hydrogens (tertiary/aromatic N) is 2. The summed E-state index contributed by atoms with van der Waals surface area (Å²) in [6, 6.07) is 5.54. The van der Waals surface area contributed by atoms with Crippen LogP contribution in [0.5, 0.6) is 5.88 Å². The first-order chi connectivity index (χ1) is 13.4. The lowest BCUT2D eigenvalue weighted by molar-refractivity contribution is -0.192. The van der Waals surface area contributed by atoms with Gasteiger partial charge in [-0.05, 0) is 26.3 Å². The molecule has 12 heteroatoms. The van der Waals surface area contributed by atoms with Crippen LogP contribution in [0, 0.1) is 5.92 Å². The molecule has 1 aromatic rings. The van der Waals surface area contributed by atoms with E-state index in [4.69, 9.17) is 19.4 Å². The summed E-state index contributed by atoms with van der Waals surface area (Å²) in [5.74, 6) is -1.96. The summed E-state index contributed by atoms with van der Waals surface area (Å²) < 4.78 is 69.2. The second-order valence-corrected chi connectivity index (χ2v) is 9.53. The van der Waals surface area contributed by atoms with E-state index in [2.05, 4.69) is 4.98 Å². The smallest absolute Gasteiger partial charge is 0.477 e. The number of hydrogen-bond acceptors (Lipinski definition) is 6. The molecule has 0 bridgehead atoms. The predicted molar refractivity (Wildman–Crippen MR) is 95.8 cm³/mol. The minimum absolute atomic E-state index is 0.202. The summed E-state index contributed by atoms with van der Waals surface area (Å²) in [6.07, 6.45) is -2.50. The molecule has 1 unspecified atom stereocenters. The van der Waals surface area contributed by atoms with Crippen LogP contribution >= 0.6 is 0 Å².